The summed E-state index contributed by atoms with van der Waals surface area (Å²) < 4.78 is 5.38. The van der Waals surface area contributed by atoms with Crippen LogP contribution in [-0.2, 0) is 14.3 Å². The van der Waals surface area contributed by atoms with Gasteiger partial charge in [-0.15, -0.1) is 0 Å². The van der Waals surface area contributed by atoms with Crippen LogP contribution in [0.2, 0.25) is 0 Å². The van der Waals surface area contributed by atoms with Crippen LogP contribution in [-0.4, -0.2) is 73.6 Å². The van der Waals surface area contributed by atoms with Gasteiger partial charge in [0.1, 0.15) is 0 Å². The maximum absolute atomic E-state index is 12.2. The molecule has 0 bridgehead atoms. The molecule has 0 spiro atoms. The van der Waals surface area contributed by atoms with Crippen LogP contribution in [0.1, 0.15) is 13.3 Å². The second-order valence-corrected chi connectivity index (χ2v) is 4.72. The highest BCUT2D eigenvalue weighted by atomic mass is 16.5. The minimum Gasteiger partial charge on any atom is -0.377 e. The number of amides is 2. The van der Waals surface area contributed by atoms with Gasteiger partial charge in [0.15, 0.2) is 0 Å². The summed E-state index contributed by atoms with van der Waals surface area (Å²) in [6.45, 7) is 5.82. The molecule has 6 nitrogen and oxygen atoms in total. The highest BCUT2D eigenvalue weighted by molar-refractivity contribution is 5.86. The van der Waals surface area contributed by atoms with E-state index < -0.39 is 0 Å². The van der Waals surface area contributed by atoms with Gasteiger partial charge >= 0.3 is 0 Å². The first kappa shape index (κ1) is 13.3. The lowest BCUT2D eigenvalue weighted by molar-refractivity contribution is -0.146. The number of hydrogen-bond donors (Lipinski definition) is 1. The van der Waals surface area contributed by atoms with Gasteiger partial charge in [-0.05, 0) is 6.42 Å². The van der Waals surface area contributed by atoms with E-state index in [0.717, 1.165) is 13.0 Å². The summed E-state index contributed by atoms with van der Waals surface area (Å²) in [6, 6.07) is 0.157. The Kier molecular flexibility index (Phi) is 4.54. The molecule has 0 saturated carbocycles. The first-order valence-corrected chi connectivity index (χ1v) is 6.58. The van der Waals surface area contributed by atoms with Crippen molar-refractivity contribution in [2.75, 3.05) is 45.9 Å². The first-order chi connectivity index (χ1) is 8.72. The Bertz CT molecular complexity index is 322. The molecule has 2 aliphatic heterocycles. The number of carbonyl (C=O) groups excluding carboxylic acids is 2. The zero-order chi connectivity index (χ0) is 13.0. The van der Waals surface area contributed by atoms with Gasteiger partial charge in [-0.1, -0.05) is 6.92 Å². The summed E-state index contributed by atoms with van der Waals surface area (Å²) in [5.74, 6) is 0.0521. The molecule has 1 atom stereocenters. The fourth-order valence-electron chi connectivity index (χ4n) is 2.39. The van der Waals surface area contributed by atoms with E-state index in [0.29, 0.717) is 32.8 Å². The van der Waals surface area contributed by atoms with Gasteiger partial charge in [0.25, 0.3) is 0 Å². The number of piperazine rings is 1. The number of morpholine rings is 1. The van der Waals surface area contributed by atoms with Gasteiger partial charge in [-0.3, -0.25) is 9.59 Å². The van der Waals surface area contributed by atoms with Crippen LogP contribution in [0.25, 0.3) is 0 Å². The van der Waals surface area contributed by atoms with E-state index in [1.165, 1.54) is 0 Å². The third-order valence-electron chi connectivity index (χ3n) is 3.53. The Morgan fingerprint density at radius 2 is 2.33 bits per heavy atom. The zero-order valence-corrected chi connectivity index (χ0v) is 10.9. The van der Waals surface area contributed by atoms with E-state index in [-0.39, 0.29) is 24.4 Å². The molecule has 2 fully saturated rings. The largest absolute Gasteiger partial charge is 0.377 e. The van der Waals surface area contributed by atoms with Gasteiger partial charge in [0.05, 0.1) is 32.3 Å². The van der Waals surface area contributed by atoms with Gasteiger partial charge in [0, 0.05) is 19.6 Å². The average Bonchev–Trinajstić information content (AvgIpc) is 2.41. The second kappa shape index (κ2) is 6.15. The van der Waals surface area contributed by atoms with Crippen molar-refractivity contribution >= 4 is 11.8 Å². The fraction of sp³-hybridized carbons (Fsp3) is 0.833. The van der Waals surface area contributed by atoms with E-state index in [1.807, 2.05) is 4.90 Å². The summed E-state index contributed by atoms with van der Waals surface area (Å²) in [5, 5.41) is 3.00. The molecule has 2 aliphatic rings. The lowest BCUT2D eigenvalue weighted by Crippen LogP contribution is -2.55. The summed E-state index contributed by atoms with van der Waals surface area (Å²) >= 11 is 0. The van der Waals surface area contributed by atoms with E-state index in [9.17, 15) is 9.59 Å². The van der Waals surface area contributed by atoms with Crippen molar-refractivity contribution in [1.29, 1.82) is 0 Å². The Labute approximate surface area is 107 Å². The Morgan fingerprint density at radius 3 is 3.06 bits per heavy atom. The van der Waals surface area contributed by atoms with Crippen molar-refractivity contribution in [2.45, 2.75) is 19.4 Å². The van der Waals surface area contributed by atoms with Crippen LogP contribution < -0.4 is 5.32 Å². The van der Waals surface area contributed by atoms with Crippen LogP contribution >= 0.6 is 0 Å². The minimum absolute atomic E-state index is 0.0101. The molecule has 6 heteroatoms. The summed E-state index contributed by atoms with van der Waals surface area (Å²) in [5.41, 5.74) is 0. The second-order valence-electron chi connectivity index (χ2n) is 4.72. The maximum atomic E-state index is 12.2. The summed E-state index contributed by atoms with van der Waals surface area (Å²) in [4.78, 5) is 27.4. The van der Waals surface area contributed by atoms with E-state index in [1.54, 1.807) is 4.90 Å². The quantitative estimate of drug-likeness (QED) is 0.707. The predicted molar refractivity (Wildman–Crippen MR) is 66.1 cm³/mol. The molecule has 102 valence electrons. The first-order valence-electron chi connectivity index (χ1n) is 6.58. The molecule has 2 rings (SSSR count). The molecule has 18 heavy (non-hydrogen) atoms. The monoisotopic (exact) mass is 255 g/mol. The van der Waals surface area contributed by atoms with Gasteiger partial charge in [-0.2, -0.15) is 0 Å². The number of ether oxygens (including phenoxy) is 1. The molecular formula is C12H21N3O3. The molecule has 0 aromatic carbocycles. The van der Waals surface area contributed by atoms with Crippen molar-refractivity contribution in [1.82, 2.24) is 15.1 Å². The maximum Gasteiger partial charge on any atom is 0.242 e. The lowest BCUT2D eigenvalue weighted by Gasteiger charge is -2.37. The number of hydrogen-bond acceptors (Lipinski definition) is 4. The normalized spacial score (nSPS) is 25.4. The molecule has 0 aliphatic carbocycles. The van der Waals surface area contributed by atoms with Crippen molar-refractivity contribution < 1.29 is 14.3 Å². The SMILES string of the molecule is CC[C@H]1COCCN1C(=O)CN1CCNCC1=O. The molecule has 1 N–H and O–H groups in total. The van der Waals surface area contributed by atoms with Crippen molar-refractivity contribution in [2.24, 2.45) is 0 Å². The molecule has 0 aromatic rings. The lowest BCUT2D eigenvalue weighted by atomic mass is 10.1. The topological polar surface area (TPSA) is 61.9 Å². The number of nitrogens with one attached hydrogen (secondary N) is 1. The molecular weight excluding hydrogens is 234 g/mol. The highest BCUT2D eigenvalue weighted by Crippen LogP contribution is 2.11. The predicted octanol–water partition coefficient (Wildman–Crippen LogP) is -0.944. The molecule has 2 heterocycles. The zero-order valence-electron chi connectivity index (χ0n) is 10.9. The molecule has 0 unspecified atom stereocenters. The Morgan fingerprint density at radius 1 is 1.50 bits per heavy atom. The van der Waals surface area contributed by atoms with E-state index in [4.69, 9.17) is 4.74 Å². The van der Waals surface area contributed by atoms with Crippen molar-refractivity contribution in [3.05, 3.63) is 0 Å². The molecule has 2 amide bonds. The van der Waals surface area contributed by atoms with Crippen molar-refractivity contribution in [3.8, 4) is 0 Å². The van der Waals surface area contributed by atoms with E-state index in [2.05, 4.69) is 12.2 Å². The van der Waals surface area contributed by atoms with E-state index >= 15 is 0 Å². The Balaban J connectivity index is 1.91. The molecule has 2 saturated heterocycles. The average molecular weight is 255 g/mol. The number of rotatable bonds is 3. The third-order valence-corrected chi connectivity index (χ3v) is 3.53. The standard InChI is InChI=1S/C12H21N3O3/c1-2-10-9-18-6-5-15(10)12(17)8-14-4-3-13-7-11(14)16/h10,13H,2-9H2,1H3/t10-/m0/s1. The van der Waals surface area contributed by atoms with Crippen molar-refractivity contribution in [3.63, 3.8) is 0 Å². The molecule has 0 radical (unpaired) electrons. The van der Waals surface area contributed by atoms with Gasteiger partial charge in [0.2, 0.25) is 11.8 Å². The van der Waals surface area contributed by atoms with Crippen LogP contribution in [0.4, 0.5) is 0 Å². The number of nitrogens with zero attached hydrogens (tertiary/aromatic N) is 2. The minimum atomic E-state index is 0.0101. The smallest absolute Gasteiger partial charge is 0.242 e. The fourth-order valence-corrected chi connectivity index (χ4v) is 2.39. The molecule has 0 aromatic heterocycles. The summed E-state index contributed by atoms with van der Waals surface area (Å²) in [6.07, 6.45) is 0.890. The summed E-state index contributed by atoms with van der Waals surface area (Å²) in [7, 11) is 0. The van der Waals surface area contributed by atoms with Crippen LogP contribution in [0.15, 0.2) is 0 Å². The van der Waals surface area contributed by atoms with Crippen LogP contribution in [0.3, 0.4) is 0 Å². The van der Waals surface area contributed by atoms with Crippen LogP contribution in [0, 0.1) is 0 Å². The van der Waals surface area contributed by atoms with Gasteiger partial charge in [-0.25, -0.2) is 0 Å². The highest BCUT2D eigenvalue weighted by Gasteiger charge is 2.28. The van der Waals surface area contributed by atoms with Gasteiger partial charge < -0.3 is 19.9 Å². The number of carbonyl (C=O) groups is 2. The van der Waals surface area contributed by atoms with Crippen LogP contribution in [0.5, 0.6) is 0 Å². The Hall–Kier alpha value is -1.14. The third kappa shape index (κ3) is 3.00.